The molecule has 0 amide bonds. The van der Waals surface area contributed by atoms with Gasteiger partial charge in [0.05, 0.1) is 19.4 Å². The Morgan fingerprint density at radius 2 is 2.47 bits per heavy atom. The highest BCUT2D eigenvalue weighted by Crippen LogP contribution is 2.23. The molecule has 94 valence electrons. The second-order valence-corrected chi connectivity index (χ2v) is 4.29. The van der Waals surface area contributed by atoms with Crippen molar-refractivity contribution in [1.29, 1.82) is 0 Å². The first-order valence-electron chi connectivity index (χ1n) is 5.64. The molecular formula is C11H17N3O3. The topological polar surface area (TPSA) is 67.6 Å². The number of aromatic nitrogens is 2. The Kier molecular flexibility index (Phi) is 3.44. The summed E-state index contributed by atoms with van der Waals surface area (Å²) in [6.07, 6.45) is 3.69. The van der Waals surface area contributed by atoms with Crippen molar-refractivity contribution >= 4 is 5.97 Å². The van der Waals surface area contributed by atoms with Crippen LogP contribution < -0.4 is 0 Å². The van der Waals surface area contributed by atoms with Crippen molar-refractivity contribution in [2.45, 2.75) is 19.0 Å². The molecule has 1 aliphatic heterocycles. The summed E-state index contributed by atoms with van der Waals surface area (Å²) in [4.78, 5) is 13.1. The molecular weight excluding hydrogens is 222 g/mol. The van der Waals surface area contributed by atoms with Crippen LogP contribution in [-0.4, -0.2) is 51.6 Å². The maximum Gasteiger partial charge on any atom is 0.323 e. The standard InChI is InChI=1S/C11H17N3O3/c1-8(9-5-12-13(2)6-9)14-3-4-17-7-10(14)11(15)16/h5-6,8,10H,3-4,7H2,1-2H3,(H,15,16). The van der Waals surface area contributed by atoms with E-state index >= 15 is 0 Å². The number of carbonyl (C=O) groups is 1. The third-order valence-electron chi connectivity index (χ3n) is 3.16. The number of nitrogens with zero attached hydrogens (tertiary/aromatic N) is 3. The Labute approximate surface area is 99.8 Å². The summed E-state index contributed by atoms with van der Waals surface area (Å²) in [5.41, 5.74) is 1.03. The summed E-state index contributed by atoms with van der Waals surface area (Å²) in [6.45, 7) is 3.46. The monoisotopic (exact) mass is 239 g/mol. The predicted octanol–water partition coefficient (Wildman–Crippen LogP) is 0.266. The largest absolute Gasteiger partial charge is 0.480 e. The van der Waals surface area contributed by atoms with Crippen LogP contribution in [-0.2, 0) is 16.6 Å². The van der Waals surface area contributed by atoms with Gasteiger partial charge in [-0.15, -0.1) is 0 Å². The van der Waals surface area contributed by atoms with Crippen molar-refractivity contribution < 1.29 is 14.6 Å². The van der Waals surface area contributed by atoms with Crippen LogP contribution in [0.15, 0.2) is 12.4 Å². The fraction of sp³-hybridized carbons (Fsp3) is 0.636. The Bertz CT molecular complexity index is 404. The first-order valence-corrected chi connectivity index (χ1v) is 5.64. The van der Waals surface area contributed by atoms with E-state index in [1.165, 1.54) is 0 Å². The molecule has 0 saturated carbocycles. The number of aliphatic carboxylic acids is 1. The third-order valence-corrected chi connectivity index (χ3v) is 3.16. The molecule has 0 bridgehead atoms. The second kappa shape index (κ2) is 4.85. The van der Waals surface area contributed by atoms with Gasteiger partial charge >= 0.3 is 5.97 Å². The first-order chi connectivity index (χ1) is 8.09. The van der Waals surface area contributed by atoms with Crippen LogP contribution in [0.4, 0.5) is 0 Å². The van der Waals surface area contributed by atoms with Crippen LogP contribution in [0.1, 0.15) is 18.5 Å². The van der Waals surface area contributed by atoms with E-state index in [0.29, 0.717) is 13.2 Å². The lowest BCUT2D eigenvalue weighted by atomic mass is 10.1. The Morgan fingerprint density at radius 3 is 3.06 bits per heavy atom. The fourth-order valence-electron chi connectivity index (χ4n) is 2.14. The maximum absolute atomic E-state index is 11.2. The molecule has 2 heterocycles. The van der Waals surface area contributed by atoms with Gasteiger partial charge in [0.1, 0.15) is 6.04 Å². The van der Waals surface area contributed by atoms with E-state index < -0.39 is 12.0 Å². The Hall–Kier alpha value is -1.40. The minimum atomic E-state index is -0.833. The van der Waals surface area contributed by atoms with Gasteiger partial charge in [-0.3, -0.25) is 14.4 Å². The lowest BCUT2D eigenvalue weighted by molar-refractivity contribution is -0.151. The lowest BCUT2D eigenvalue weighted by Crippen LogP contribution is -2.50. The molecule has 1 aromatic rings. The number of carboxylic acid groups (broad SMARTS) is 1. The predicted molar refractivity (Wildman–Crippen MR) is 60.6 cm³/mol. The Balaban J connectivity index is 2.16. The number of hydrogen-bond donors (Lipinski definition) is 1. The maximum atomic E-state index is 11.2. The number of ether oxygens (including phenoxy) is 1. The van der Waals surface area contributed by atoms with Crippen molar-refractivity contribution in [3.05, 3.63) is 18.0 Å². The van der Waals surface area contributed by atoms with Crippen LogP contribution in [0, 0.1) is 0 Å². The summed E-state index contributed by atoms with van der Waals surface area (Å²) in [7, 11) is 1.85. The number of morpholine rings is 1. The van der Waals surface area contributed by atoms with E-state index in [9.17, 15) is 4.79 Å². The van der Waals surface area contributed by atoms with Crippen LogP contribution in [0.2, 0.25) is 0 Å². The fourth-order valence-corrected chi connectivity index (χ4v) is 2.14. The van der Waals surface area contributed by atoms with Crippen LogP contribution in [0.5, 0.6) is 0 Å². The van der Waals surface area contributed by atoms with E-state index in [2.05, 4.69) is 5.10 Å². The van der Waals surface area contributed by atoms with Gasteiger partial charge < -0.3 is 9.84 Å². The van der Waals surface area contributed by atoms with Gasteiger partial charge in [0.2, 0.25) is 0 Å². The average molecular weight is 239 g/mol. The molecule has 2 unspecified atom stereocenters. The van der Waals surface area contributed by atoms with Crippen LogP contribution in [0.25, 0.3) is 0 Å². The van der Waals surface area contributed by atoms with Gasteiger partial charge in [-0.1, -0.05) is 0 Å². The molecule has 1 saturated heterocycles. The van der Waals surface area contributed by atoms with E-state index in [1.807, 2.05) is 25.1 Å². The van der Waals surface area contributed by atoms with E-state index in [-0.39, 0.29) is 12.6 Å². The highest BCUT2D eigenvalue weighted by Gasteiger charge is 2.33. The van der Waals surface area contributed by atoms with Crippen molar-refractivity contribution in [2.75, 3.05) is 19.8 Å². The van der Waals surface area contributed by atoms with Crippen molar-refractivity contribution in [1.82, 2.24) is 14.7 Å². The highest BCUT2D eigenvalue weighted by molar-refractivity contribution is 5.73. The van der Waals surface area contributed by atoms with Crippen molar-refractivity contribution in [3.8, 4) is 0 Å². The first kappa shape index (κ1) is 12.1. The average Bonchev–Trinajstić information content (AvgIpc) is 2.75. The van der Waals surface area contributed by atoms with E-state index in [1.54, 1.807) is 10.9 Å². The lowest BCUT2D eigenvalue weighted by Gasteiger charge is -2.36. The molecule has 6 heteroatoms. The quantitative estimate of drug-likeness (QED) is 0.820. The number of hydrogen-bond acceptors (Lipinski definition) is 4. The molecule has 17 heavy (non-hydrogen) atoms. The molecule has 1 aromatic heterocycles. The van der Waals surface area contributed by atoms with E-state index in [4.69, 9.17) is 9.84 Å². The molecule has 0 spiro atoms. The summed E-state index contributed by atoms with van der Waals surface area (Å²) >= 11 is 0. The Morgan fingerprint density at radius 1 is 1.71 bits per heavy atom. The minimum absolute atomic E-state index is 0.0358. The molecule has 0 radical (unpaired) electrons. The molecule has 1 aliphatic rings. The highest BCUT2D eigenvalue weighted by atomic mass is 16.5. The number of aryl methyl sites for hydroxylation is 1. The van der Waals surface area contributed by atoms with Gasteiger partial charge in [-0.2, -0.15) is 5.10 Å². The van der Waals surface area contributed by atoms with Crippen molar-refractivity contribution in [2.24, 2.45) is 7.05 Å². The zero-order chi connectivity index (χ0) is 12.4. The summed E-state index contributed by atoms with van der Waals surface area (Å²) < 4.78 is 6.95. The summed E-state index contributed by atoms with van der Waals surface area (Å²) in [6, 6.07) is -0.535. The zero-order valence-electron chi connectivity index (χ0n) is 10.0. The molecule has 1 fully saturated rings. The smallest absolute Gasteiger partial charge is 0.323 e. The molecule has 1 N–H and O–H groups in total. The molecule has 6 nitrogen and oxygen atoms in total. The minimum Gasteiger partial charge on any atom is -0.480 e. The van der Waals surface area contributed by atoms with Crippen LogP contribution in [0.3, 0.4) is 0 Å². The number of carboxylic acids is 1. The van der Waals surface area contributed by atoms with Gasteiger partial charge in [0.15, 0.2) is 0 Å². The van der Waals surface area contributed by atoms with E-state index in [0.717, 1.165) is 5.56 Å². The van der Waals surface area contributed by atoms with Gasteiger partial charge in [0.25, 0.3) is 0 Å². The molecule has 0 aliphatic carbocycles. The molecule has 2 atom stereocenters. The molecule has 2 rings (SSSR count). The normalized spacial score (nSPS) is 23.5. The third kappa shape index (κ3) is 2.48. The second-order valence-electron chi connectivity index (χ2n) is 4.29. The molecule has 0 aromatic carbocycles. The summed E-state index contributed by atoms with van der Waals surface area (Å²) in [5.74, 6) is -0.833. The van der Waals surface area contributed by atoms with Gasteiger partial charge in [-0.05, 0) is 6.92 Å². The number of rotatable bonds is 3. The van der Waals surface area contributed by atoms with Gasteiger partial charge in [-0.25, -0.2) is 0 Å². The van der Waals surface area contributed by atoms with Crippen molar-refractivity contribution in [3.63, 3.8) is 0 Å². The van der Waals surface area contributed by atoms with Crippen LogP contribution >= 0.6 is 0 Å². The zero-order valence-corrected chi connectivity index (χ0v) is 10.0. The summed E-state index contributed by atoms with van der Waals surface area (Å²) in [5, 5.41) is 13.3. The van der Waals surface area contributed by atoms with Gasteiger partial charge in [0, 0.05) is 31.4 Å². The SMILES string of the molecule is CC(c1cnn(C)c1)N1CCOCC1C(=O)O.